The zero-order valence-corrected chi connectivity index (χ0v) is 10.4. The Morgan fingerprint density at radius 3 is 2.76 bits per heavy atom. The van der Waals surface area contributed by atoms with Crippen molar-refractivity contribution < 1.29 is 19.1 Å². The average molecular weight is 255 g/mol. The Bertz CT molecular complexity index is 456. The zero-order chi connectivity index (χ0) is 12.6. The van der Waals surface area contributed by atoms with E-state index in [1.54, 1.807) is 19.1 Å². The molecule has 1 aromatic rings. The molecule has 0 radical (unpaired) electrons. The van der Waals surface area contributed by atoms with Gasteiger partial charge in [-0.1, -0.05) is 0 Å². The molecule has 2 unspecified atom stereocenters. The number of aryl methyl sites for hydroxylation is 1. The number of thioether (sulfide) groups is 1. The summed E-state index contributed by atoms with van der Waals surface area (Å²) in [5, 5.41) is 8.92. The minimum Gasteiger partial charge on any atom is -0.480 e. The van der Waals surface area contributed by atoms with Crippen molar-refractivity contribution in [2.75, 3.05) is 5.75 Å². The van der Waals surface area contributed by atoms with Crippen LogP contribution in [0.25, 0.3) is 0 Å². The minimum absolute atomic E-state index is 0.144. The Balaban J connectivity index is 2.25. The summed E-state index contributed by atoms with van der Waals surface area (Å²) >= 11 is 1.45. The molecular formula is C11H13NO4S. The van der Waals surface area contributed by atoms with E-state index < -0.39 is 12.0 Å². The van der Waals surface area contributed by atoms with Gasteiger partial charge in [0.15, 0.2) is 5.76 Å². The van der Waals surface area contributed by atoms with Crippen LogP contribution in [-0.4, -0.2) is 39.1 Å². The molecule has 6 heteroatoms. The van der Waals surface area contributed by atoms with Crippen LogP contribution in [0.4, 0.5) is 0 Å². The molecule has 2 rings (SSSR count). The first kappa shape index (κ1) is 12.0. The number of carbonyl (C=O) groups is 2. The predicted molar refractivity (Wildman–Crippen MR) is 63.0 cm³/mol. The number of hydrogen-bond acceptors (Lipinski definition) is 4. The molecule has 1 saturated heterocycles. The first-order chi connectivity index (χ1) is 8.00. The van der Waals surface area contributed by atoms with E-state index in [-0.39, 0.29) is 17.0 Å². The van der Waals surface area contributed by atoms with Crippen LogP contribution in [0.2, 0.25) is 0 Å². The molecule has 0 bridgehead atoms. The number of carboxylic acid groups (broad SMARTS) is 1. The number of rotatable bonds is 2. The molecular weight excluding hydrogens is 242 g/mol. The summed E-state index contributed by atoms with van der Waals surface area (Å²) in [4.78, 5) is 24.6. The summed E-state index contributed by atoms with van der Waals surface area (Å²) < 4.78 is 5.24. The molecule has 1 aromatic heterocycles. The van der Waals surface area contributed by atoms with E-state index >= 15 is 0 Å². The summed E-state index contributed by atoms with van der Waals surface area (Å²) in [6, 6.07) is 2.50. The van der Waals surface area contributed by atoms with Crippen molar-refractivity contribution in [2.24, 2.45) is 0 Å². The quantitative estimate of drug-likeness (QED) is 0.868. The topological polar surface area (TPSA) is 70.8 Å². The van der Waals surface area contributed by atoms with Gasteiger partial charge < -0.3 is 14.4 Å². The van der Waals surface area contributed by atoms with Crippen LogP contribution in [0.5, 0.6) is 0 Å². The maximum Gasteiger partial charge on any atom is 0.327 e. The number of nitrogens with zero attached hydrogens (tertiary/aromatic N) is 1. The molecule has 1 N–H and O–H groups in total. The Labute approximate surface area is 103 Å². The molecule has 5 nitrogen and oxygen atoms in total. The fourth-order valence-corrected chi connectivity index (χ4v) is 2.99. The Hall–Kier alpha value is -1.43. The second-order valence-electron chi connectivity index (χ2n) is 3.91. The molecule has 0 saturated carbocycles. The van der Waals surface area contributed by atoms with Gasteiger partial charge in [0, 0.05) is 5.75 Å². The monoisotopic (exact) mass is 255 g/mol. The fraction of sp³-hybridized carbons (Fsp3) is 0.455. The maximum absolute atomic E-state index is 12.1. The summed E-state index contributed by atoms with van der Waals surface area (Å²) in [5.41, 5.74) is 0. The second kappa shape index (κ2) is 4.44. The molecule has 1 amide bonds. The molecule has 0 aliphatic carbocycles. The van der Waals surface area contributed by atoms with Crippen LogP contribution in [0, 0.1) is 6.92 Å². The molecule has 1 aliphatic rings. The van der Waals surface area contributed by atoms with Gasteiger partial charge in [-0.3, -0.25) is 4.79 Å². The number of amides is 1. The van der Waals surface area contributed by atoms with Crippen LogP contribution in [-0.2, 0) is 4.79 Å². The van der Waals surface area contributed by atoms with Crippen molar-refractivity contribution in [3.8, 4) is 0 Å². The van der Waals surface area contributed by atoms with Gasteiger partial charge in [0.25, 0.3) is 5.91 Å². The molecule has 0 spiro atoms. The molecule has 2 atom stereocenters. The van der Waals surface area contributed by atoms with Gasteiger partial charge in [0.05, 0.1) is 5.37 Å². The van der Waals surface area contributed by atoms with Crippen LogP contribution in [0.1, 0.15) is 23.2 Å². The Kier molecular flexibility index (Phi) is 3.15. The first-order valence-corrected chi connectivity index (χ1v) is 6.29. The third-order valence-electron chi connectivity index (χ3n) is 2.69. The van der Waals surface area contributed by atoms with E-state index in [0.29, 0.717) is 11.5 Å². The third-order valence-corrected chi connectivity index (χ3v) is 3.91. The summed E-state index contributed by atoms with van der Waals surface area (Å²) in [7, 11) is 0. The second-order valence-corrected chi connectivity index (χ2v) is 5.26. The highest BCUT2D eigenvalue weighted by Crippen LogP contribution is 2.30. The lowest BCUT2D eigenvalue weighted by molar-refractivity contribution is -0.141. The van der Waals surface area contributed by atoms with Crippen molar-refractivity contribution >= 4 is 23.6 Å². The standard InChI is InChI=1S/C11H13NO4S/c1-6-3-4-9(16-6)10(13)12-7(2)17-5-8(12)11(14)15/h3-4,7-8H,5H2,1-2H3,(H,14,15). The van der Waals surface area contributed by atoms with E-state index in [1.165, 1.54) is 16.7 Å². The SMILES string of the molecule is Cc1ccc(C(=O)N2C(C)SCC2C(=O)O)o1. The molecule has 17 heavy (non-hydrogen) atoms. The van der Waals surface area contributed by atoms with Crippen molar-refractivity contribution in [1.29, 1.82) is 0 Å². The van der Waals surface area contributed by atoms with Crippen molar-refractivity contribution in [2.45, 2.75) is 25.3 Å². The molecule has 2 heterocycles. The van der Waals surface area contributed by atoms with E-state index in [9.17, 15) is 9.59 Å². The molecule has 92 valence electrons. The highest BCUT2D eigenvalue weighted by molar-refractivity contribution is 8.00. The van der Waals surface area contributed by atoms with Crippen molar-refractivity contribution in [3.05, 3.63) is 23.7 Å². The van der Waals surface area contributed by atoms with E-state index in [4.69, 9.17) is 9.52 Å². The molecule has 1 fully saturated rings. The van der Waals surface area contributed by atoms with E-state index in [1.807, 2.05) is 6.92 Å². The third kappa shape index (κ3) is 2.17. The van der Waals surface area contributed by atoms with Crippen molar-refractivity contribution in [3.63, 3.8) is 0 Å². The normalized spacial score (nSPS) is 24.0. The zero-order valence-electron chi connectivity index (χ0n) is 9.54. The summed E-state index contributed by atoms with van der Waals surface area (Å²) in [5.74, 6) is -0.0774. The number of aliphatic carboxylic acids is 1. The lowest BCUT2D eigenvalue weighted by atomic mass is 10.2. The van der Waals surface area contributed by atoms with Gasteiger partial charge in [-0.25, -0.2) is 4.79 Å². The highest BCUT2D eigenvalue weighted by atomic mass is 32.2. The van der Waals surface area contributed by atoms with Gasteiger partial charge in [-0.05, 0) is 26.0 Å². The van der Waals surface area contributed by atoms with Crippen LogP contribution >= 0.6 is 11.8 Å². The minimum atomic E-state index is -0.974. The number of furan rings is 1. The molecule has 1 aliphatic heterocycles. The maximum atomic E-state index is 12.1. The summed E-state index contributed by atoms with van der Waals surface area (Å²) in [6.45, 7) is 3.56. The predicted octanol–water partition coefficient (Wildman–Crippen LogP) is 1.58. The Morgan fingerprint density at radius 1 is 1.53 bits per heavy atom. The van der Waals surface area contributed by atoms with Gasteiger partial charge in [0.1, 0.15) is 11.8 Å². The number of carboxylic acids is 1. The first-order valence-electron chi connectivity index (χ1n) is 5.24. The fourth-order valence-electron chi connectivity index (χ4n) is 1.82. The van der Waals surface area contributed by atoms with E-state index in [2.05, 4.69) is 0 Å². The van der Waals surface area contributed by atoms with E-state index in [0.717, 1.165) is 0 Å². The number of carbonyl (C=O) groups excluding carboxylic acids is 1. The van der Waals surface area contributed by atoms with Gasteiger partial charge in [-0.2, -0.15) is 0 Å². The van der Waals surface area contributed by atoms with Crippen LogP contribution < -0.4 is 0 Å². The smallest absolute Gasteiger partial charge is 0.327 e. The van der Waals surface area contributed by atoms with Gasteiger partial charge >= 0.3 is 5.97 Å². The lowest BCUT2D eigenvalue weighted by Gasteiger charge is -2.23. The van der Waals surface area contributed by atoms with Gasteiger partial charge in [-0.15, -0.1) is 11.8 Å². The average Bonchev–Trinajstić information content (AvgIpc) is 2.83. The highest BCUT2D eigenvalue weighted by Gasteiger charge is 2.40. The van der Waals surface area contributed by atoms with Crippen LogP contribution in [0.3, 0.4) is 0 Å². The van der Waals surface area contributed by atoms with Crippen LogP contribution in [0.15, 0.2) is 16.5 Å². The largest absolute Gasteiger partial charge is 0.480 e. The van der Waals surface area contributed by atoms with Crippen molar-refractivity contribution in [1.82, 2.24) is 4.90 Å². The summed E-state index contributed by atoms with van der Waals surface area (Å²) in [6.07, 6.45) is 0. The Morgan fingerprint density at radius 2 is 2.24 bits per heavy atom. The molecule has 0 aromatic carbocycles. The van der Waals surface area contributed by atoms with Gasteiger partial charge in [0.2, 0.25) is 0 Å². The lowest BCUT2D eigenvalue weighted by Crippen LogP contribution is -2.44. The number of hydrogen-bond donors (Lipinski definition) is 1.